The fourth-order valence-electron chi connectivity index (χ4n) is 1.88. The molecule has 0 aliphatic heterocycles. The molecule has 0 aliphatic carbocycles. The van der Waals surface area contributed by atoms with Crippen molar-refractivity contribution in [3.05, 3.63) is 18.2 Å². The molecule has 1 aromatic heterocycles. The Labute approximate surface area is 92.9 Å². The first-order valence-corrected chi connectivity index (χ1v) is 5.83. The lowest BCUT2D eigenvalue weighted by atomic mass is 10.0. The van der Waals surface area contributed by atoms with Gasteiger partial charge < -0.3 is 9.88 Å². The molecule has 0 aliphatic rings. The van der Waals surface area contributed by atoms with Gasteiger partial charge in [0.25, 0.3) is 0 Å². The van der Waals surface area contributed by atoms with E-state index in [1.165, 1.54) is 5.82 Å². The summed E-state index contributed by atoms with van der Waals surface area (Å²) in [7, 11) is 0. The van der Waals surface area contributed by atoms with E-state index in [0.717, 1.165) is 6.54 Å². The van der Waals surface area contributed by atoms with Crippen molar-refractivity contribution in [1.29, 1.82) is 0 Å². The quantitative estimate of drug-likeness (QED) is 0.807. The maximum atomic E-state index is 4.44. The first-order valence-electron chi connectivity index (χ1n) is 5.83. The van der Waals surface area contributed by atoms with E-state index in [4.69, 9.17) is 0 Å². The molecule has 1 rings (SSSR count). The molecule has 3 heteroatoms. The zero-order valence-corrected chi connectivity index (χ0v) is 10.5. The average molecular weight is 209 g/mol. The molecule has 2 unspecified atom stereocenters. The largest absolute Gasteiger partial charge is 0.335 e. The van der Waals surface area contributed by atoms with Crippen LogP contribution in [0.2, 0.25) is 0 Å². The van der Waals surface area contributed by atoms with Gasteiger partial charge in [-0.2, -0.15) is 0 Å². The van der Waals surface area contributed by atoms with Crippen molar-refractivity contribution >= 4 is 0 Å². The van der Waals surface area contributed by atoms with Crippen molar-refractivity contribution in [2.24, 2.45) is 0 Å². The third kappa shape index (κ3) is 3.06. The highest BCUT2D eigenvalue weighted by molar-refractivity contribution is 5.02. The molecule has 3 nitrogen and oxygen atoms in total. The lowest BCUT2D eigenvalue weighted by Gasteiger charge is -2.23. The van der Waals surface area contributed by atoms with Crippen LogP contribution in [0.5, 0.6) is 0 Å². The van der Waals surface area contributed by atoms with E-state index < -0.39 is 0 Å². The van der Waals surface area contributed by atoms with Crippen LogP contribution in [0.4, 0.5) is 0 Å². The highest BCUT2D eigenvalue weighted by Gasteiger charge is 2.18. The molecule has 0 spiro atoms. The predicted octanol–water partition coefficient (Wildman–Crippen LogP) is 2.39. The van der Waals surface area contributed by atoms with E-state index in [2.05, 4.69) is 49.5 Å². The molecule has 1 N–H and O–H groups in total. The average Bonchev–Trinajstić information content (AvgIpc) is 2.62. The van der Waals surface area contributed by atoms with Gasteiger partial charge in [0.05, 0.1) is 0 Å². The number of aryl methyl sites for hydroxylation is 1. The molecule has 0 radical (unpaired) electrons. The molecule has 0 saturated heterocycles. The van der Waals surface area contributed by atoms with E-state index >= 15 is 0 Å². The summed E-state index contributed by atoms with van der Waals surface area (Å²) in [5.41, 5.74) is 0. The smallest absolute Gasteiger partial charge is 0.113 e. The number of hydrogen-bond acceptors (Lipinski definition) is 2. The minimum Gasteiger partial charge on any atom is -0.335 e. The minimum absolute atomic E-state index is 0.447. The van der Waals surface area contributed by atoms with Crippen molar-refractivity contribution in [1.82, 2.24) is 14.9 Å². The van der Waals surface area contributed by atoms with Gasteiger partial charge in [0.1, 0.15) is 5.82 Å². The van der Waals surface area contributed by atoms with Crippen LogP contribution in [0.15, 0.2) is 12.4 Å². The zero-order chi connectivity index (χ0) is 11.4. The van der Waals surface area contributed by atoms with Crippen molar-refractivity contribution < 1.29 is 0 Å². The molecule has 0 bridgehead atoms. The van der Waals surface area contributed by atoms with E-state index in [1.807, 2.05) is 12.4 Å². The third-order valence-electron chi connectivity index (χ3n) is 2.84. The van der Waals surface area contributed by atoms with Crippen molar-refractivity contribution in [2.45, 2.75) is 59.2 Å². The summed E-state index contributed by atoms with van der Waals surface area (Å²) in [6.07, 6.45) is 3.94. The maximum Gasteiger partial charge on any atom is 0.113 e. The van der Waals surface area contributed by atoms with Gasteiger partial charge in [-0.3, -0.25) is 0 Å². The maximum absolute atomic E-state index is 4.44. The first-order chi connectivity index (χ1) is 7.06. The first kappa shape index (κ1) is 12.2. The Morgan fingerprint density at radius 1 is 1.33 bits per heavy atom. The molecule has 15 heavy (non-hydrogen) atoms. The van der Waals surface area contributed by atoms with Crippen LogP contribution in [-0.2, 0) is 6.54 Å². The van der Waals surface area contributed by atoms with Gasteiger partial charge in [0.2, 0.25) is 0 Å². The summed E-state index contributed by atoms with van der Waals surface area (Å²) in [4.78, 5) is 4.44. The van der Waals surface area contributed by atoms with E-state index in [1.54, 1.807) is 0 Å². The number of hydrogen-bond donors (Lipinski definition) is 1. The molecule has 86 valence electrons. The number of nitrogens with zero attached hydrogens (tertiary/aromatic N) is 2. The summed E-state index contributed by atoms with van der Waals surface area (Å²) < 4.78 is 2.21. The Morgan fingerprint density at radius 2 is 2.00 bits per heavy atom. The second-order valence-corrected chi connectivity index (χ2v) is 4.47. The standard InChI is InChI=1S/C12H23N3/c1-6-15-8-7-13-12(15)10(4)11(5)14-9(2)3/h7-11,14H,6H2,1-5H3. The zero-order valence-electron chi connectivity index (χ0n) is 10.5. The number of rotatable bonds is 5. The fourth-order valence-corrected chi connectivity index (χ4v) is 1.88. The highest BCUT2D eigenvalue weighted by Crippen LogP contribution is 2.17. The summed E-state index contributed by atoms with van der Waals surface area (Å²) in [5.74, 6) is 1.63. The van der Waals surface area contributed by atoms with Crippen LogP contribution in [0, 0.1) is 0 Å². The van der Waals surface area contributed by atoms with Gasteiger partial charge in [-0.15, -0.1) is 0 Å². The summed E-state index contributed by atoms with van der Waals surface area (Å²) in [5, 5.41) is 3.53. The number of aromatic nitrogens is 2. The van der Waals surface area contributed by atoms with Crippen molar-refractivity contribution in [3.63, 3.8) is 0 Å². The molecule has 1 aromatic rings. The lowest BCUT2D eigenvalue weighted by Crippen LogP contribution is -2.36. The summed E-state index contributed by atoms with van der Waals surface area (Å²) >= 11 is 0. The van der Waals surface area contributed by atoms with Crippen LogP contribution in [0.25, 0.3) is 0 Å². The summed E-state index contributed by atoms with van der Waals surface area (Å²) in [6.45, 7) is 11.9. The highest BCUT2D eigenvalue weighted by atomic mass is 15.1. The van der Waals surface area contributed by atoms with Crippen LogP contribution in [0.1, 0.15) is 46.4 Å². The topological polar surface area (TPSA) is 29.9 Å². The third-order valence-corrected chi connectivity index (χ3v) is 2.84. The Kier molecular flexibility index (Phi) is 4.33. The van der Waals surface area contributed by atoms with Crippen LogP contribution < -0.4 is 5.32 Å². The molecule has 0 saturated carbocycles. The van der Waals surface area contributed by atoms with Gasteiger partial charge in [0, 0.05) is 36.9 Å². The van der Waals surface area contributed by atoms with Crippen LogP contribution in [0.3, 0.4) is 0 Å². The second-order valence-electron chi connectivity index (χ2n) is 4.47. The monoisotopic (exact) mass is 209 g/mol. The molecule has 2 atom stereocenters. The predicted molar refractivity (Wildman–Crippen MR) is 64.0 cm³/mol. The van der Waals surface area contributed by atoms with Crippen LogP contribution >= 0.6 is 0 Å². The molecule has 0 amide bonds. The molecular weight excluding hydrogens is 186 g/mol. The van der Waals surface area contributed by atoms with Gasteiger partial charge >= 0.3 is 0 Å². The normalized spacial score (nSPS) is 15.6. The lowest BCUT2D eigenvalue weighted by molar-refractivity contribution is 0.420. The Bertz CT molecular complexity index is 291. The second kappa shape index (κ2) is 5.31. The number of nitrogens with one attached hydrogen (secondary N) is 1. The van der Waals surface area contributed by atoms with E-state index in [9.17, 15) is 0 Å². The fraction of sp³-hybridized carbons (Fsp3) is 0.750. The van der Waals surface area contributed by atoms with Gasteiger partial charge in [-0.1, -0.05) is 20.8 Å². The molecule has 1 heterocycles. The van der Waals surface area contributed by atoms with Crippen LogP contribution in [-0.4, -0.2) is 21.6 Å². The molecule has 0 fully saturated rings. The van der Waals surface area contributed by atoms with Crippen molar-refractivity contribution in [3.8, 4) is 0 Å². The van der Waals surface area contributed by atoms with Crippen molar-refractivity contribution in [2.75, 3.05) is 0 Å². The van der Waals surface area contributed by atoms with Gasteiger partial charge in [-0.05, 0) is 13.8 Å². The number of imidazole rings is 1. The molecule has 0 aromatic carbocycles. The van der Waals surface area contributed by atoms with E-state index in [-0.39, 0.29) is 0 Å². The van der Waals surface area contributed by atoms with Gasteiger partial charge in [-0.25, -0.2) is 4.98 Å². The van der Waals surface area contributed by atoms with E-state index in [0.29, 0.717) is 18.0 Å². The minimum atomic E-state index is 0.447. The Morgan fingerprint density at radius 3 is 2.53 bits per heavy atom. The van der Waals surface area contributed by atoms with Gasteiger partial charge in [0.15, 0.2) is 0 Å². The SMILES string of the molecule is CCn1ccnc1C(C)C(C)NC(C)C. The Hall–Kier alpha value is -0.830. The summed E-state index contributed by atoms with van der Waals surface area (Å²) in [6, 6.07) is 0.977. The molecular formula is C12H23N3. The Balaban J connectivity index is 2.70.